The third-order valence-corrected chi connectivity index (χ3v) is 4.98. The molecule has 0 saturated heterocycles. The number of nitrogens with two attached hydrogens (primary N) is 1. The number of carbonyl (C=O) groups excluding carboxylic acids is 1. The van der Waals surface area contributed by atoms with Crippen molar-refractivity contribution in [1.82, 2.24) is 4.98 Å². The van der Waals surface area contributed by atoms with E-state index in [1.54, 1.807) is 18.3 Å². The molecule has 0 saturated carbocycles. The normalized spacial score (nSPS) is 18.2. The molecule has 2 heterocycles. The molecular formula is C24H24N4O3. The lowest BCUT2D eigenvalue weighted by atomic mass is 9.92. The number of benzene rings is 2. The van der Waals surface area contributed by atoms with Gasteiger partial charge in [-0.05, 0) is 42.3 Å². The van der Waals surface area contributed by atoms with E-state index < -0.39 is 5.54 Å². The Bertz CT molecular complexity index is 1080. The maximum Gasteiger partial charge on any atom is 0.274 e. The van der Waals surface area contributed by atoms with Crippen LogP contribution in [0.5, 0.6) is 5.75 Å². The van der Waals surface area contributed by atoms with Crippen LogP contribution in [-0.4, -0.2) is 29.9 Å². The SMILES string of the molecule is CC1(c2cccc(NC(=O)c3ccc(OCc4ccccc4)cn3)c2)COCC(N)=N1. The number of pyridine rings is 1. The number of amidine groups is 1. The van der Waals surface area contributed by atoms with E-state index in [1.807, 2.05) is 61.5 Å². The minimum atomic E-state index is -0.584. The molecule has 1 amide bonds. The van der Waals surface area contributed by atoms with Gasteiger partial charge in [0.2, 0.25) is 0 Å². The third-order valence-electron chi connectivity index (χ3n) is 4.98. The van der Waals surface area contributed by atoms with Crippen LogP contribution in [0, 0.1) is 0 Å². The van der Waals surface area contributed by atoms with Crippen LogP contribution in [0.1, 0.15) is 28.5 Å². The van der Waals surface area contributed by atoms with E-state index >= 15 is 0 Å². The van der Waals surface area contributed by atoms with Crippen molar-refractivity contribution in [3.63, 3.8) is 0 Å². The summed E-state index contributed by atoms with van der Waals surface area (Å²) in [6, 6.07) is 20.7. The molecule has 158 valence electrons. The van der Waals surface area contributed by atoms with E-state index in [0.717, 1.165) is 11.1 Å². The smallest absolute Gasteiger partial charge is 0.274 e. The molecule has 1 unspecified atom stereocenters. The van der Waals surface area contributed by atoms with Crippen LogP contribution in [-0.2, 0) is 16.9 Å². The van der Waals surface area contributed by atoms with Gasteiger partial charge in [-0.3, -0.25) is 9.79 Å². The maximum atomic E-state index is 12.6. The van der Waals surface area contributed by atoms with Gasteiger partial charge in [0.05, 0.1) is 12.8 Å². The zero-order chi connectivity index (χ0) is 21.7. The number of anilines is 1. The Hall–Kier alpha value is -3.71. The van der Waals surface area contributed by atoms with Gasteiger partial charge in [0.1, 0.15) is 36.0 Å². The van der Waals surface area contributed by atoms with E-state index in [2.05, 4.69) is 15.3 Å². The molecule has 0 radical (unpaired) electrons. The van der Waals surface area contributed by atoms with E-state index in [4.69, 9.17) is 15.2 Å². The number of nitrogens with zero attached hydrogens (tertiary/aromatic N) is 2. The predicted octanol–water partition coefficient (Wildman–Crippen LogP) is 3.52. The Balaban J connectivity index is 1.41. The summed E-state index contributed by atoms with van der Waals surface area (Å²) >= 11 is 0. The van der Waals surface area contributed by atoms with Crippen molar-refractivity contribution in [2.45, 2.75) is 19.1 Å². The van der Waals surface area contributed by atoms with Crippen molar-refractivity contribution in [2.24, 2.45) is 10.7 Å². The second-order valence-electron chi connectivity index (χ2n) is 7.56. The molecule has 1 aliphatic rings. The van der Waals surface area contributed by atoms with Crippen LogP contribution in [0.15, 0.2) is 77.9 Å². The fraction of sp³-hybridized carbons (Fsp3) is 0.208. The Kier molecular flexibility index (Phi) is 5.95. The zero-order valence-corrected chi connectivity index (χ0v) is 17.2. The van der Waals surface area contributed by atoms with Gasteiger partial charge >= 0.3 is 0 Å². The van der Waals surface area contributed by atoms with Crippen LogP contribution >= 0.6 is 0 Å². The van der Waals surface area contributed by atoms with Crippen molar-refractivity contribution in [3.05, 3.63) is 89.7 Å². The molecule has 31 heavy (non-hydrogen) atoms. The first-order chi connectivity index (χ1) is 15.0. The van der Waals surface area contributed by atoms with Crippen LogP contribution < -0.4 is 15.8 Å². The molecule has 3 N–H and O–H groups in total. The van der Waals surface area contributed by atoms with Crippen molar-refractivity contribution in [1.29, 1.82) is 0 Å². The number of amides is 1. The molecule has 7 nitrogen and oxygen atoms in total. The fourth-order valence-corrected chi connectivity index (χ4v) is 3.35. The van der Waals surface area contributed by atoms with E-state index in [9.17, 15) is 4.79 Å². The lowest BCUT2D eigenvalue weighted by Gasteiger charge is -2.30. The first-order valence-corrected chi connectivity index (χ1v) is 9.98. The van der Waals surface area contributed by atoms with Gasteiger partial charge in [-0.1, -0.05) is 42.5 Å². The molecule has 1 aliphatic heterocycles. The van der Waals surface area contributed by atoms with E-state index in [1.165, 1.54) is 0 Å². The number of hydrogen-bond acceptors (Lipinski definition) is 6. The molecule has 1 atom stereocenters. The van der Waals surface area contributed by atoms with Crippen molar-refractivity contribution in [2.75, 3.05) is 18.5 Å². The average molecular weight is 416 g/mol. The standard InChI is InChI=1S/C24H24N4O3/c1-24(16-30-15-22(25)28-24)18-8-5-9-19(12-18)27-23(29)21-11-10-20(13-26-21)31-14-17-6-3-2-4-7-17/h2-13H,14-16H2,1H3,(H2,25,28)(H,27,29). The van der Waals surface area contributed by atoms with Crippen LogP contribution in [0.25, 0.3) is 0 Å². The van der Waals surface area contributed by atoms with E-state index in [0.29, 0.717) is 42.8 Å². The summed E-state index contributed by atoms with van der Waals surface area (Å²) in [6.45, 7) is 3.16. The summed E-state index contributed by atoms with van der Waals surface area (Å²) in [4.78, 5) is 21.4. The number of aliphatic imine (C=N–C) groups is 1. The van der Waals surface area contributed by atoms with Gasteiger partial charge in [0.25, 0.3) is 5.91 Å². The lowest BCUT2D eigenvalue weighted by molar-refractivity contribution is 0.102. The quantitative estimate of drug-likeness (QED) is 0.641. The molecule has 7 heteroatoms. The first-order valence-electron chi connectivity index (χ1n) is 9.98. The molecule has 0 fully saturated rings. The summed E-state index contributed by atoms with van der Waals surface area (Å²) in [5.74, 6) is 0.754. The topological polar surface area (TPSA) is 98.8 Å². The molecule has 0 bridgehead atoms. The largest absolute Gasteiger partial charge is 0.487 e. The Labute approximate surface area is 180 Å². The maximum absolute atomic E-state index is 12.6. The Morgan fingerprint density at radius 3 is 2.74 bits per heavy atom. The summed E-state index contributed by atoms with van der Waals surface area (Å²) < 4.78 is 11.3. The number of hydrogen-bond donors (Lipinski definition) is 2. The van der Waals surface area contributed by atoms with Gasteiger partial charge in [-0.25, -0.2) is 4.98 Å². The molecular weight excluding hydrogens is 392 g/mol. The summed E-state index contributed by atoms with van der Waals surface area (Å²) in [7, 11) is 0. The highest BCUT2D eigenvalue weighted by atomic mass is 16.5. The van der Waals surface area contributed by atoms with Gasteiger partial charge in [0, 0.05) is 5.69 Å². The molecule has 3 aromatic rings. The molecule has 0 spiro atoms. The summed E-state index contributed by atoms with van der Waals surface area (Å²) in [6.07, 6.45) is 1.55. The van der Waals surface area contributed by atoms with Gasteiger partial charge < -0.3 is 20.5 Å². The highest BCUT2D eigenvalue weighted by molar-refractivity contribution is 6.02. The third kappa shape index (κ3) is 5.07. The number of carbonyl (C=O) groups is 1. The van der Waals surface area contributed by atoms with Crippen LogP contribution in [0.3, 0.4) is 0 Å². The first kappa shape index (κ1) is 20.6. The number of rotatable bonds is 6. The van der Waals surface area contributed by atoms with Crippen LogP contribution in [0.2, 0.25) is 0 Å². The highest BCUT2D eigenvalue weighted by Crippen LogP contribution is 2.30. The minimum absolute atomic E-state index is 0.298. The molecule has 2 aromatic carbocycles. The second-order valence-corrected chi connectivity index (χ2v) is 7.56. The molecule has 0 aliphatic carbocycles. The monoisotopic (exact) mass is 416 g/mol. The Morgan fingerprint density at radius 1 is 1.16 bits per heavy atom. The number of nitrogens with one attached hydrogen (secondary N) is 1. The van der Waals surface area contributed by atoms with Gasteiger partial charge in [-0.2, -0.15) is 0 Å². The molecule has 1 aromatic heterocycles. The lowest BCUT2D eigenvalue weighted by Crippen LogP contribution is -2.37. The van der Waals surface area contributed by atoms with Gasteiger partial charge in [0.15, 0.2) is 0 Å². The highest BCUT2D eigenvalue weighted by Gasteiger charge is 2.30. The minimum Gasteiger partial charge on any atom is -0.487 e. The fourth-order valence-electron chi connectivity index (χ4n) is 3.35. The second kappa shape index (κ2) is 8.97. The number of ether oxygens (including phenoxy) is 2. The summed E-state index contributed by atoms with van der Waals surface area (Å²) in [5.41, 5.74) is 8.18. The predicted molar refractivity (Wildman–Crippen MR) is 119 cm³/mol. The van der Waals surface area contributed by atoms with E-state index in [-0.39, 0.29) is 5.91 Å². The Morgan fingerprint density at radius 2 is 2.00 bits per heavy atom. The number of aromatic nitrogens is 1. The summed E-state index contributed by atoms with van der Waals surface area (Å²) in [5, 5.41) is 2.88. The zero-order valence-electron chi connectivity index (χ0n) is 17.2. The van der Waals surface area contributed by atoms with Gasteiger partial charge in [-0.15, -0.1) is 0 Å². The van der Waals surface area contributed by atoms with Crippen molar-refractivity contribution >= 4 is 17.4 Å². The average Bonchev–Trinajstić information content (AvgIpc) is 2.79. The molecule has 4 rings (SSSR count). The van der Waals surface area contributed by atoms with Crippen molar-refractivity contribution in [3.8, 4) is 5.75 Å². The van der Waals surface area contributed by atoms with Crippen molar-refractivity contribution < 1.29 is 14.3 Å². The van der Waals surface area contributed by atoms with Crippen LogP contribution in [0.4, 0.5) is 5.69 Å².